The van der Waals surface area contributed by atoms with Gasteiger partial charge in [0.1, 0.15) is 5.75 Å². The molecule has 2 N–H and O–H groups in total. The SMILES string of the molecule is Cc1cc(/C=C/c2cc(C(C)(C)C)c(O)c(C(C)(C)C)c2)n[nH]1. The number of H-pyrrole nitrogens is 1. The highest BCUT2D eigenvalue weighted by Gasteiger charge is 2.26. The van der Waals surface area contributed by atoms with Gasteiger partial charge in [0, 0.05) is 16.8 Å². The molecule has 0 aliphatic carbocycles. The van der Waals surface area contributed by atoms with Gasteiger partial charge in [-0.25, -0.2) is 0 Å². The maximum absolute atomic E-state index is 10.7. The number of aromatic hydroxyl groups is 1. The summed E-state index contributed by atoms with van der Waals surface area (Å²) in [6.45, 7) is 14.7. The summed E-state index contributed by atoms with van der Waals surface area (Å²) in [6.07, 6.45) is 4.05. The topological polar surface area (TPSA) is 48.9 Å². The standard InChI is InChI=1S/C20H28N2O/c1-13-10-15(22-21-13)9-8-14-11-16(19(2,3)4)18(23)17(12-14)20(5,6)7/h8-12,23H,1-7H3,(H,21,22)/b9-8+. The highest BCUT2D eigenvalue weighted by molar-refractivity contribution is 5.70. The summed E-state index contributed by atoms with van der Waals surface area (Å²) in [4.78, 5) is 0. The fourth-order valence-corrected chi connectivity index (χ4v) is 2.60. The highest BCUT2D eigenvalue weighted by atomic mass is 16.3. The summed E-state index contributed by atoms with van der Waals surface area (Å²) >= 11 is 0. The first-order chi connectivity index (χ1) is 10.5. The lowest BCUT2D eigenvalue weighted by Gasteiger charge is -2.27. The van der Waals surface area contributed by atoms with Crippen LogP contribution >= 0.6 is 0 Å². The summed E-state index contributed by atoms with van der Waals surface area (Å²) < 4.78 is 0. The van der Waals surface area contributed by atoms with Crippen LogP contribution in [0.15, 0.2) is 18.2 Å². The number of benzene rings is 1. The number of hydrogen-bond acceptors (Lipinski definition) is 2. The second-order valence-electron chi connectivity index (χ2n) is 8.27. The summed E-state index contributed by atoms with van der Waals surface area (Å²) in [5.41, 5.74) is 4.75. The first kappa shape index (κ1) is 17.3. The van der Waals surface area contributed by atoms with Crippen LogP contribution in [0.3, 0.4) is 0 Å². The fraction of sp³-hybridized carbons (Fsp3) is 0.450. The molecule has 0 unspecified atom stereocenters. The molecule has 1 heterocycles. The third-order valence-corrected chi connectivity index (χ3v) is 3.92. The van der Waals surface area contributed by atoms with E-state index in [-0.39, 0.29) is 10.8 Å². The number of phenols is 1. The molecule has 0 fully saturated rings. The van der Waals surface area contributed by atoms with Gasteiger partial charge in [-0.1, -0.05) is 47.6 Å². The van der Waals surface area contributed by atoms with Crippen molar-refractivity contribution in [3.8, 4) is 5.75 Å². The molecule has 3 heteroatoms. The Hall–Kier alpha value is -2.03. The van der Waals surface area contributed by atoms with Crippen molar-refractivity contribution in [2.75, 3.05) is 0 Å². The average molecular weight is 312 g/mol. The van der Waals surface area contributed by atoms with E-state index in [1.165, 1.54) is 0 Å². The summed E-state index contributed by atoms with van der Waals surface area (Å²) in [7, 11) is 0. The van der Waals surface area contributed by atoms with Crippen LogP contribution in [0.1, 0.15) is 69.6 Å². The molecule has 0 aliphatic heterocycles. The Kier molecular flexibility index (Phi) is 4.43. The monoisotopic (exact) mass is 312 g/mol. The van der Waals surface area contributed by atoms with Crippen molar-refractivity contribution in [2.24, 2.45) is 0 Å². The number of hydrogen-bond donors (Lipinski definition) is 2. The van der Waals surface area contributed by atoms with Crippen molar-refractivity contribution in [2.45, 2.75) is 59.3 Å². The van der Waals surface area contributed by atoms with Crippen molar-refractivity contribution in [3.63, 3.8) is 0 Å². The second kappa shape index (κ2) is 5.88. The van der Waals surface area contributed by atoms with E-state index in [0.717, 1.165) is 28.1 Å². The van der Waals surface area contributed by atoms with Gasteiger partial charge >= 0.3 is 0 Å². The number of nitrogens with one attached hydrogen (secondary N) is 1. The molecule has 2 rings (SSSR count). The normalized spacial score (nSPS) is 13.0. The number of nitrogens with zero attached hydrogens (tertiary/aromatic N) is 1. The van der Waals surface area contributed by atoms with Gasteiger partial charge in [-0.3, -0.25) is 5.10 Å². The van der Waals surface area contributed by atoms with E-state index in [9.17, 15) is 5.11 Å². The molecule has 0 atom stereocenters. The molecule has 0 saturated heterocycles. The molecule has 124 valence electrons. The zero-order chi connectivity index (χ0) is 17.4. The van der Waals surface area contributed by atoms with E-state index in [4.69, 9.17) is 0 Å². The minimum absolute atomic E-state index is 0.114. The molecule has 0 amide bonds. The quantitative estimate of drug-likeness (QED) is 0.801. The molecular weight excluding hydrogens is 284 g/mol. The van der Waals surface area contributed by atoms with Crippen molar-refractivity contribution in [3.05, 3.63) is 46.3 Å². The van der Waals surface area contributed by atoms with Crippen LogP contribution in [0.2, 0.25) is 0 Å². The van der Waals surface area contributed by atoms with Crippen molar-refractivity contribution < 1.29 is 5.11 Å². The van der Waals surface area contributed by atoms with Gasteiger partial charge in [0.05, 0.1) is 5.69 Å². The Balaban J connectivity index is 2.53. The lowest BCUT2D eigenvalue weighted by atomic mass is 9.78. The summed E-state index contributed by atoms with van der Waals surface area (Å²) in [5.74, 6) is 0.415. The Bertz CT molecular complexity index is 690. The fourth-order valence-electron chi connectivity index (χ4n) is 2.60. The molecule has 1 aromatic carbocycles. The van der Waals surface area contributed by atoms with Gasteiger partial charge in [-0.05, 0) is 47.6 Å². The number of phenolic OH excluding ortho intramolecular Hbond substituents is 1. The van der Waals surface area contributed by atoms with E-state index in [1.54, 1.807) is 0 Å². The zero-order valence-corrected chi connectivity index (χ0v) is 15.3. The van der Waals surface area contributed by atoms with Crippen molar-refractivity contribution >= 4 is 12.2 Å². The highest BCUT2D eigenvalue weighted by Crippen LogP contribution is 2.40. The number of aromatic amines is 1. The Morgan fingerprint density at radius 3 is 1.83 bits per heavy atom. The Morgan fingerprint density at radius 1 is 0.913 bits per heavy atom. The lowest BCUT2D eigenvalue weighted by Crippen LogP contribution is -2.17. The molecule has 0 spiro atoms. The lowest BCUT2D eigenvalue weighted by molar-refractivity contribution is 0.423. The van der Waals surface area contributed by atoms with E-state index in [2.05, 4.69) is 69.9 Å². The minimum atomic E-state index is -0.114. The van der Waals surface area contributed by atoms with Crippen molar-refractivity contribution in [1.82, 2.24) is 10.2 Å². The Labute approximate surface area is 139 Å². The first-order valence-electron chi connectivity index (χ1n) is 8.06. The Morgan fingerprint density at radius 2 is 1.43 bits per heavy atom. The van der Waals surface area contributed by atoms with Crippen LogP contribution in [0.4, 0.5) is 0 Å². The molecular formula is C20H28N2O. The largest absolute Gasteiger partial charge is 0.507 e. The van der Waals surface area contributed by atoms with Crippen LogP contribution in [0.25, 0.3) is 12.2 Å². The first-order valence-corrected chi connectivity index (χ1v) is 8.06. The van der Waals surface area contributed by atoms with E-state index in [0.29, 0.717) is 5.75 Å². The second-order valence-corrected chi connectivity index (χ2v) is 8.27. The molecule has 0 bridgehead atoms. The zero-order valence-electron chi connectivity index (χ0n) is 15.3. The van der Waals surface area contributed by atoms with Crippen LogP contribution in [0.5, 0.6) is 5.75 Å². The van der Waals surface area contributed by atoms with Gasteiger partial charge < -0.3 is 5.11 Å². The number of rotatable bonds is 2. The third kappa shape index (κ3) is 4.04. The van der Waals surface area contributed by atoms with Gasteiger partial charge in [-0.2, -0.15) is 5.10 Å². The predicted molar refractivity (Wildman–Crippen MR) is 97.8 cm³/mol. The van der Waals surface area contributed by atoms with Crippen LogP contribution in [0, 0.1) is 6.92 Å². The molecule has 0 saturated carbocycles. The minimum Gasteiger partial charge on any atom is -0.507 e. The van der Waals surface area contributed by atoms with Gasteiger partial charge in [0.25, 0.3) is 0 Å². The molecule has 1 aromatic heterocycles. The predicted octanol–water partition coefficient (Wildman–Crippen LogP) is 5.19. The maximum Gasteiger partial charge on any atom is 0.123 e. The molecule has 0 radical (unpaired) electrons. The molecule has 0 aliphatic rings. The number of aromatic nitrogens is 2. The number of aryl methyl sites for hydroxylation is 1. The van der Waals surface area contributed by atoms with Crippen LogP contribution < -0.4 is 0 Å². The summed E-state index contributed by atoms with van der Waals surface area (Å²) in [5, 5.41) is 17.9. The molecule has 3 nitrogen and oxygen atoms in total. The molecule has 2 aromatic rings. The molecule has 23 heavy (non-hydrogen) atoms. The van der Waals surface area contributed by atoms with E-state index < -0.39 is 0 Å². The summed E-state index contributed by atoms with van der Waals surface area (Å²) in [6, 6.07) is 6.15. The average Bonchev–Trinajstić information content (AvgIpc) is 2.80. The maximum atomic E-state index is 10.7. The van der Waals surface area contributed by atoms with E-state index in [1.807, 2.05) is 19.1 Å². The van der Waals surface area contributed by atoms with Gasteiger partial charge in [0.2, 0.25) is 0 Å². The third-order valence-electron chi connectivity index (χ3n) is 3.92. The van der Waals surface area contributed by atoms with Gasteiger partial charge in [0.15, 0.2) is 0 Å². The van der Waals surface area contributed by atoms with Crippen LogP contribution in [-0.4, -0.2) is 15.3 Å². The smallest absolute Gasteiger partial charge is 0.123 e. The van der Waals surface area contributed by atoms with Crippen LogP contribution in [-0.2, 0) is 10.8 Å². The van der Waals surface area contributed by atoms with Crippen molar-refractivity contribution in [1.29, 1.82) is 0 Å². The van der Waals surface area contributed by atoms with Gasteiger partial charge in [-0.15, -0.1) is 0 Å². The van der Waals surface area contributed by atoms with E-state index >= 15 is 0 Å².